The third-order valence-electron chi connectivity index (χ3n) is 4.14. The Morgan fingerprint density at radius 3 is 3.05 bits per heavy atom. The van der Waals surface area contributed by atoms with Crippen LogP contribution in [0.25, 0.3) is 0 Å². The SMILES string of the molecule is Cc1cc(CN)cnc1N1CCN2C(=O)CCC2C1. The van der Waals surface area contributed by atoms with E-state index in [0.29, 0.717) is 24.9 Å². The maximum absolute atomic E-state index is 11.7. The first-order valence-electron chi connectivity index (χ1n) is 6.89. The number of carbonyl (C=O) groups is 1. The molecule has 2 aliphatic heterocycles. The number of hydrogen-bond acceptors (Lipinski definition) is 4. The second-order valence-electron chi connectivity index (χ2n) is 5.41. The van der Waals surface area contributed by atoms with E-state index in [2.05, 4.69) is 22.9 Å². The van der Waals surface area contributed by atoms with Crippen molar-refractivity contribution in [3.05, 3.63) is 23.4 Å². The first-order valence-corrected chi connectivity index (χ1v) is 6.89. The molecular weight excluding hydrogens is 240 g/mol. The van der Waals surface area contributed by atoms with Gasteiger partial charge in [0.2, 0.25) is 5.91 Å². The molecule has 0 spiro atoms. The van der Waals surface area contributed by atoms with Gasteiger partial charge in [0.1, 0.15) is 5.82 Å². The Balaban J connectivity index is 1.79. The Bertz CT molecular complexity index is 502. The average molecular weight is 260 g/mol. The van der Waals surface area contributed by atoms with Crippen molar-refractivity contribution < 1.29 is 4.79 Å². The fourth-order valence-corrected chi connectivity index (χ4v) is 3.13. The lowest BCUT2D eigenvalue weighted by molar-refractivity contribution is -0.129. The summed E-state index contributed by atoms with van der Waals surface area (Å²) >= 11 is 0. The summed E-state index contributed by atoms with van der Waals surface area (Å²) in [5, 5.41) is 0. The Hall–Kier alpha value is -1.62. The van der Waals surface area contributed by atoms with Crippen LogP contribution in [0.1, 0.15) is 24.0 Å². The molecule has 2 aliphatic rings. The van der Waals surface area contributed by atoms with Gasteiger partial charge in [-0.15, -0.1) is 0 Å². The van der Waals surface area contributed by atoms with Crippen molar-refractivity contribution in [1.82, 2.24) is 9.88 Å². The molecule has 0 radical (unpaired) electrons. The molecular formula is C14H20N4O. The zero-order valence-electron chi connectivity index (χ0n) is 11.3. The van der Waals surface area contributed by atoms with Gasteiger partial charge in [-0.3, -0.25) is 4.79 Å². The summed E-state index contributed by atoms with van der Waals surface area (Å²) in [5.74, 6) is 1.35. The smallest absolute Gasteiger partial charge is 0.223 e. The van der Waals surface area contributed by atoms with Crippen LogP contribution in [0.5, 0.6) is 0 Å². The third-order valence-corrected chi connectivity index (χ3v) is 4.14. The molecule has 5 heteroatoms. The second-order valence-corrected chi connectivity index (χ2v) is 5.41. The number of hydrogen-bond donors (Lipinski definition) is 1. The number of nitrogens with two attached hydrogens (primary N) is 1. The highest BCUT2D eigenvalue weighted by Crippen LogP contribution is 2.27. The molecule has 5 nitrogen and oxygen atoms in total. The molecule has 1 unspecified atom stereocenters. The molecule has 102 valence electrons. The quantitative estimate of drug-likeness (QED) is 0.848. The summed E-state index contributed by atoms with van der Waals surface area (Å²) in [6.07, 6.45) is 3.54. The number of aromatic nitrogens is 1. The van der Waals surface area contributed by atoms with Crippen molar-refractivity contribution in [3.8, 4) is 0 Å². The predicted molar refractivity (Wildman–Crippen MR) is 73.8 cm³/mol. The normalized spacial score (nSPS) is 22.8. The van der Waals surface area contributed by atoms with Crippen molar-refractivity contribution >= 4 is 11.7 Å². The van der Waals surface area contributed by atoms with E-state index in [1.165, 1.54) is 5.56 Å². The fourth-order valence-electron chi connectivity index (χ4n) is 3.13. The van der Waals surface area contributed by atoms with Crippen LogP contribution in [0, 0.1) is 6.92 Å². The van der Waals surface area contributed by atoms with E-state index in [4.69, 9.17) is 5.73 Å². The molecule has 0 aliphatic carbocycles. The van der Waals surface area contributed by atoms with E-state index in [1.54, 1.807) is 0 Å². The van der Waals surface area contributed by atoms with Gasteiger partial charge >= 0.3 is 0 Å². The number of aryl methyl sites for hydroxylation is 1. The summed E-state index contributed by atoms with van der Waals surface area (Å²) in [6.45, 7) is 5.20. The van der Waals surface area contributed by atoms with Crippen LogP contribution in [0.3, 0.4) is 0 Å². The maximum atomic E-state index is 11.7. The van der Waals surface area contributed by atoms with Crippen LogP contribution in [-0.2, 0) is 11.3 Å². The van der Waals surface area contributed by atoms with Crippen molar-refractivity contribution in [2.45, 2.75) is 32.4 Å². The molecule has 2 fully saturated rings. The van der Waals surface area contributed by atoms with Gasteiger partial charge in [-0.05, 0) is 30.5 Å². The van der Waals surface area contributed by atoms with Gasteiger partial charge in [0.25, 0.3) is 0 Å². The van der Waals surface area contributed by atoms with E-state index >= 15 is 0 Å². The first-order chi connectivity index (χ1) is 9.19. The van der Waals surface area contributed by atoms with Gasteiger partial charge < -0.3 is 15.5 Å². The molecule has 1 amide bonds. The van der Waals surface area contributed by atoms with E-state index < -0.39 is 0 Å². The number of amides is 1. The van der Waals surface area contributed by atoms with Crippen molar-refractivity contribution in [2.24, 2.45) is 5.73 Å². The van der Waals surface area contributed by atoms with E-state index in [1.807, 2.05) is 11.1 Å². The minimum absolute atomic E-state index is 0.313. The second kappa shape index (κ2) is 4.81. The lowest BCUT2D eigenvalue weighted by Gasteiger charge is -2.38. The molecule has 2 saturated heterocycles. The molecule has 2 N–H and O–H groups in total. The highest BCUT2D eigenvalue weighted by molar-refractivity contribution is 5.79. The minimum Gasteiger partial charge on any atom is -0.353 e. The van der Waals surface area contributed by atoms with Gasteiger partial charge in [0, 0.05) is 44.8 Å². The van der Waals surface area contributed by atoms with Crippen LogP contribution >= 0.6 is 0 Å². The lowest BCUT2D eigenvalue weighted by atomic mass is 10.1. The van der Waals surface area contributed by atoms with Crippen LogP contribution in [0.15, 0.2) is 12.3 Å². The van der Waals surface area contributed by atoms with Gasteiger partial charge in [-0.2, -0.15) is 0 Å². The molecule has 1 aromatic heterocycles. The molecule has 19 heavy (non-hydrogen) atoms. The number of fused-ring (bicyclic) bond motifs is 1. The number of pyridine rings is 1. The highest BCUT2D eigenvalue weighted by Gasteiger charge is 2.36. The van der Waals surface area contributed by atoms with Gasteiger partial charge in [-0.1, -0.05) is 0 Å². The standard InChI is InChI=1S/C14H20N4O/c1-10-6-11(7-15)8-16-14(10)17-4-5-18-12(9-17)2-3-13(18)19/h6,8,12H,2-5,7,9,15H2,1H3. The number of nitrogens with zero attached hydrogens (tertiary/aromatic N) is 3. The van der Waals surface area contributed by atoms with Crippen LogP contribution < -0.4 is 10.6 Å². The topological polar surface area (TPSA) is 62.5 Å². The molecule has 3 heterocycles. The Kier molecular flexibility index (Phi) is 3.14. The van der Waals surface area contributed by atoms with Crippen LogP contribution in [-0.4, -0.2) is 41.5 Å². The summed E-state index contributed by atoms with van der Waals surface area (Å²) in [6, 6.07) is 2.48. The Morgan fingerprint density at radius 2 is 2.32 bits per heavy atom. The van der Waals surface area contributed by atoms with E-state index in [0.717, 1.165) is 37.4 Å². The predicted octanol–water partition coefficient (Wildman–Crippen LogP) is 0.660. The van der Waals surface area contributed by atoms with E-state index in [9.17, 15) is 4.79 Å². The van der Waals surface area contributed by atoms with Crippen LogP contribution in [0.2, 0.25) is 0 Å². The highest BCUT2D eigenvalue weighted by atomic mass is 16.2. The Morgan fingerprint density at radius 1 is 1.47 bits per heavy atom. The zero-order valence-corrected chi connectivity index (χ0v) is 11.3. The Labute approximate surface area is 113 Å². The maximum Gasteiger partial charge on any atom is 0.223 e. The van der Waals surface area contributed by atoms with Gasteiger partial charge in [0.05, 0.1) is 0 Å². The number of rotatable bonds is 2. The first kappa shape index (κ1) is 12.4. The zero-order chi connectivity index (χ0) is 13.4. The third kappa shape index (κ3) is 2.18. The fraction of sp³-hybridized carbons (Fsp3) is 0.571. The van der Waals surface area contributed by atoms with Crippen molar-refractivity contribution in [2.75, 3.05) is 24.5 Å². The molecule has 0 saturated carbocycles. The summed E-state index contributed by atoms with van der Waals surface area (Å²) < 4.78 is 0. The largest absolute Gasteiger partial charge is 0.353 e. The number of anilines is 1. The molecule has 3 rings (SSSR count). The number of piperazine rings is 1. The molecule has 0 aromatic carbocycles. The summed E-state index contributed by atoms with van der Waals surface area (Å²) in [7, 11) is 0. The van der Waals surface area contributed by atoms with Crippen LogP contribution in [0.4, 0.5) is 5.82 Å². The van der Waals surface area contributed by atoms with E-state index in [-0.39, 0.29) is 0 Å². The summed E-state index contributed by atoms with van der Waals surface area (Å²) in [4.78, 5) is 20.6. The average Bonchev–Trinajstić information content (AvgIpc) is 2.79. The molecule has 1 atom stereocenters. The van der Waals surface area contributed by atoms with Crippen molar-refractivity contribution in [1.29, 1.82) is 0 Å². The monoisotopic (exact) mass is 260 g/mol. The minimum atomic E-state index is 0.313. The summed E-state index contributed by atoms with van der Waals surface area (Å²) in [5.41, 5.74) is 7.87. The molecule has 0 bridgehead atoms. The lowest BCUT2D eigenvalue weighted by Crippen LogP contribution is -2.51. The molecule has 1 aromatic rings. The van der Waals surface area contributed by atoms with Gasteiger partial charge in [0.15, 0.2) is 0 Å². The van der Waals surface area contributed by atoms with Gasteiger partial charge in [-0.25, -0.2) is 4.98 Å². The van der Waals surface area contributed by atoms with Crippen molar-refractivity contribution in [3.63, 3.8) is 0 Å². The number of carbonyl (C=O) groups excluding carboxylic acids is 1.